The number of piperazine rings is 1. The van der Waals surface area contributed by atoms with Gasteiger partial charge in [-0.15, -0.1) is 0 Å². The van der Waals surface area contributed by atoms with Crippen LogP contribution in [0.3, 0.4) is 0 Å². The summed E-state index contributed by atoms with van der Waals surface area (Å²) in [4.78, 5) is 17.0. The van der Waals surface area contributed by atoms with Gasteiger partial charge in [-0.2, -0.15) is 0 Å². The van der Waals surface area contributed by atoms with E-state index in [0.29, 0.717) is 0 Å². The minimum Gasteiger partial charge on any atom is -0.481 e. The molecule has 0 N–H and O–H groups in total. The minimum atomic E-state index is -0.458. The number of carbonyl (C=O) groups excluding carboxylic acids is 1. The third-order valence-corrected chi connectivity index (χ3v) is 5.02. The molecule has 0 spiro atoms. The first-order valence-electron chi connectivity index (χ1n) is 9.32. The number of hydrogen-bond donors (Lipinski definition) is 0. The zero-order chi connectivity index (χ0) is 18.5. The van der Waals surface area contributed by atoms with Crippen LogP contribution in [0.2, 0.25) is 0 Å². The molecule has 3 rings (SSSR count). The van der Waals surface area contributed by atoms with Gasteiger partial charge in [0.25, 0.3) is 5.91 Å². The summed E-state index contributed by atoms with van der Waals surface area (Å²) >= 11 is 0. The normalized spacial score (nSPS) is 16.3. The van der Waals surface area contributed by atoms with Gasteiger partial charge < -0.3 is 9.64 Å². The Morgan fingerprint density at radius 1 is 1.00 bits per heavy atom. The molecule has 1 heterocycles. The summed E-state index contributed by atoms with van der Waals surface area (Å²) in [6.45, 7) is 10.3. The first kappa shape index (κ1) is 18.5. The molecule has 1 saturated heterocycles. The van der Waals surface area contributed by atoms with Crippen LogP contribution in [-0.2, 0) is 11.3 Å². The molecular formula is C22H28N2O2. The first-order chi connectivity index (χ1) is 12.5. The van der Waals surface area contributed by atoms with Crippen molar-refractivity contribution in [2.45, 2.75) is 33.4 Å². The molecule has 0 saturated carbocycles. The van der Waals surface area contributed by atoms with Crippen molar-refractivity contribution >= 4 is 5.91 Å². The highest BCUT2D eigenvalue weighted by Gasteiger charge is 2.26. The molecule has 0 radical (unpaired) electrons. The lowest BCUT2D eigenvalue weighted by Gasteiger charge is -2.36. The van der Waals surface area contributed by atoms with E-state index in [-0.39, 0.29) is 5.91 Å². The second kappa shape index (κ2) is 8.37. The number of ether oxygens (including phenoxy) is 1. The van der Waals surface area contributed by atoms with Crippen molar-refractivity contribution in [1.82, 2.24) is 9.80 Å². The molecule has 26 heavy (non-hydrogen) atoms. The van der Waals surface area contributed by atoms with Gasteiger partial charge in [-0.1, -0.05) is 42.0 Å². The lowest BCUT2D eigenvalue weighted by Crippen LogP contribution is -2.51. The molecule has 4 heteroatoms. The minimum absolute atomic E-state index is 0.0705. The largest absolute Gasteiger partial charge is 0.481 e. The Bertz CT molecular complexity index is 734. The number of amides is 1. The molecule has 0 aromatic heterocycles. The molecular weight excluding hydrogens is 324 g/mol. The van der Waals surface area contributed by atoms with Crippen LogP contribution in [-0.4, -0.2) is 48.0 Å². The van der Waals surface area contributed by atoms with Crippen molar-refractivity contribution in [3.8, 4) is 5.75 Å². The van der Waals surface area contributed by atoms with E-state index < -0.39 is 6.10 Å². The number of rotatable bonds is 5. The summed E-state index contributed by atoms with van der Waals surface area (Å²) in [6.07, 6.45) is -0.458. The van der Waals surface area contributed by atoms with Crippen LogP contribution in [0, 0.1) is 13.8 Å². The van der Waals surface area contributed by atoms with Crippen LogP contribution in [0.4, 0.5) is 0 Å². The van der Waals surface area contributed by atoms with Gasteiger partial charge in [0.2, 0.25) is 0 Å². The Hall–Kier alpha value is -2.33. The standard InChI is InChI=1S/C22H28N2O2/c1-17-8-10-21(11-9-17)26-19(3)22(25)24-14-12-23(13-15-24)16-20-7-5-4-6-18(20)2/h4-11,19H,12-16H2,1-3H3. The predicted octanol–water partition coefficient (Wildman–Crippen LogP) is 3.42. The zero-order valence-corrected chi connectivity index (χ0v) is 15.9. The van der Waals surface area contributed by atoms with Gasteiger partial charge in [-0.25, -0.2) is 0 Å². The molecule has 138 valence electrons. The maximum absolute atomic E-state index is 12.7. The summed E-state index contributed by atoms with van der Waals surface area (Å²) in [7, 11) is 0. The maximum Gasteiger partial charge on any atom is 0.263 e. The average Bonchev–Trinajstić information content (AvgIpc) is 2.65. The van der Waals surface area contributed by atoms with Crippen LogP contribution >= 0.6 is 0 Å². The van der Waals surface area contributed by atoms with Crippen molar-refractivity contribution in [2.24, 2.45) is 0 Å². The van der Waals surface area contributed by atoms with E-state index >= 15 is 0 Å². The Morgan fingerprint density at radius 3 is 2.31 bits per heavy atom. The molecule has 1 aliphatic heterocycles. The van der Waals surface area contributed by atoms with Gasteiger partial charge in [0.15, 0.2) is 6.10 Å². The Kier molecular flexibility index (Phi) is 5.94. The van der Waals surface area contributed by atoms with Crippen LogP contribution in [0.25, 0.3) is 0 Å². The molecule has 1 aliphatic rings. The van der Waals surface area contributed by atoms with Gasteiger partial charge >= 0.3 is 0 Å². The van der Waals surface area contributed by atoms with Crippen LogP contribution in [0.5, 0.6) is 5.75 Å². The van der Waals surface area contributed by atoms with Crippen LogP contribution in [0.15, 0.2) is 48.5 Å². The van der Waals surface area contributed by atoms with Crippen molar-refractivity contribution in [3.63, 3.8) is 0 Å². The Morgan fingerprint density at radius 2 is 1.65 bits per heavy atom. The molecule has 1 atom stereocenters. The van der Waals surface area contributed by atoms with E-state index in [1.165, 1.54) is 16.7 Å². The summed E-state index contributed by atoms with van der Waals surface area (Å²) in [5.41, 5.74) is 3.87. The van der Waals surface area contributed by atoms with E-state index in [2.05, 4.69) is 36.1 Å². The third-order valence-electron chi connectivity index (χ3n) is 5.02. The summed E-state index contributed by atoms with van der Waals surface area (Å²) < 4.78 is 5.82. The second-order valence-electron chi connectivity index (χ2n) is 7.10. The number of hydrogen-bond acceptors (Lipinski definition) is 3. The lowest BCUT2D eigenvalue weighted by atomic mass is 10.1. The van der Waals surface area contributed by atoms with Gasteiger partial charge in [-0.05, 0) is 44.0 Å². The van der Waals surface area contributed by atoms with Gasteiger partial charge in [0, 0.05) is 32.7 Å². The molecule has 1 fully saturated rings. The Labute approximate surface area is 156 Å². The maximum atomic E-state index is 12.7. The molecule has 0 bridgehead atoms. The number of carbonyl (C=O) groups is 1. The van der Waals surface area contributed by atoms with Gasteiger partial charge in [-0.3, -0.25) is 9.69 Å². The highest BCUT2D eigenvalue weighted by molar-refractivity contribution is 5.81. The monoisotopic (exact) mass is 352 g/mol. The van der Waals surface area contributed by atoms with Gasteiger partial charge in [0.1, 0.15) is 5.75 Å². The fourth-order valence-electron chi connectivity index (χ4n) is 3.28. The fourth-order valence-corrected chi connectivity index (χ4v) is 3.28. The van der Waals surface area contributed by atoms with E-state index in [9.17, 15) is 4.79 Å². The molecule has 4 nitrogen and oxygen atoms in total. The highest BCUT2D eigenvalue weighted by atomic mass is 16.5. The van der Waals surface area contributed by atoms with Crippen LogP contribution < -0.4 is 4.74 Å². The third kappa shape index (κ3) is 4.64. The van der Waals surface area contributed by atoms with E-state index in [0.717, 1.165) is 38.5 Å². The smallest absolute Gasteiger partial charge is 0.263 e. The predicted molar refractivity (Wildman–Crippen MR) is 104 cm³/mol. The highest BCUT2D eigenvalue weighted by Crippen LogP contribution is 2.16. The van der Waals surface area contributed by atoms with Crippen molar-refractivity contribution in [1.29, 1.82) is 0 Å². The quantitative estimate of drug-likeness (QED) is 0.827. The molecule has 1 amide bonds. The van der Waals surface area contributed by atoms with Crippen molar-refractivity contribution in [2.75, 3.05) is 26.2 Å². The van der Waals surface area contributed by atoms with Gasteiger partial charge in [0.05, 0.1) is 0 Å². The topological polar surface area (TPSA) is 32.8 Å². The van der Waals surface area contributed by atoms with E-state index in [1.807, 2.05) is 43.0 Å². The average molecular weight is 352 g/mol. The number of aryl methyl sites for hydroxylation is 2. The molecule has 2 aromatic carbocycles. The lowest BCUT2D eigenvalue weighted by molar-refractivity contribution is -0.139. The summed E-state index contributed by atoms with van der Waals surface area (Å²) in [6, 6.07) is 16.3. The zero-order valence-electron chi connectivity index (χ0n) is 15.9. The molecule has 1 unspecified atom stereocenters. The summed E-state index contributed by atoms with van der Waals surface area (Å²) in [5, 5.41) is 0. The van der Waals surface area contributed by atoms with Crippen molar-refractivity contribution < 1.29 is 9.53 Å². The van der Waals surface area contributed by atoms with Crippen molar-refractivity contribution in [3.05, 3.63) is 65.2 Å². The SMILES string of the molecule is Cc1ccc(OC(C)C(=O)N2CCN(Cc3ccccc3C)CC2)cc1. The fraction of sp³-hybridized carbons (Fsp3) is 0.409. The number of nitrogens with zero attached hydrogens (tertiary/aromatic N) is 2. The molecule has 0 aliphatic carbocycles. The Balaban J connectivity index is 1.50. The van der Waals surface area contributed by atoms with Crippen LogP contribution in [0.1, 0.15) is 23.6 Å². The van der Waals surface area contributed by atoms with E-state index in [1.54, 1.807) is 0 Å². The summed E-state index contributed by atoms with van der Waals surface area (Å²) in [5.74, 6) is 0.816. The number of benzene rings is 2. The second-order valence-corrected chi connectivity index (χ2v) is 7.10. The first-order valence-corrected chi connectivity index (χ1v) is 9.32. The van der Waals surface area contributed by atoms with E-state index in [4.69, 9.17) is 4.74 Å². The molecule has 2 aromatic rings.